The number of anilines is 1. The first kappa shape index (κ1) is 17.1. The summed E-state index contributed by atoms with van der Waals surface area (Å²) in [6.45, 7) is 3.84. The predicted molar refractivity (Wildman–Crippen MR) is 89.3 cm³/mol. The van der Waals surface area contributed by atoms with Crippen LogP contribution in [0.2, 0.25) is 0 Å². The molecule has 3 N–H and O–H groups in total. The van der Waals surface area contributed by atoms with Crippen LogP contribution in [-0.4, -0.2) is 23.3 Å². The van der Waals surface area contributed by atoms with Crippen LogP contribution in [0, 0.1) is 11.2 Å². The van der Waals surface area contributed by atoms with Gasteiger partial charge in [-0.25, -0.2) is 14.2 Å². The number of nitrogens with one attached hydrogen (secondary N) is 1. The number of ether oxygens (including phenoxy) is 1. The number of aromatic nitrogens is 1. The molecule has 0 aliphatic rings. The van der Waals surface area contributed by atoms with E-state index in [2.05, 4.69) is 4.98 Å². The molecule has 1 aromatic carbocycles. The van der Waals surface area contributed by atoms with Gasteiger partial charge in [0, 0.05) is 16.9 Å². The van der Waals surface area contributed by atoms with Crippen molar-refractivity contribution in [1.82, 2.24) is 4.98 Å². The highest BCUT2D eigenvalue weighted by molar-refractivity contribution is 7.15. The average molecular weight is 335 g/mol. The van der Waals surface area contributed by atoms with Crippen molar-refractivity contribution in [1.29, 1.82) is 5.41 Å². The Morgan fingerprint density at radius 2 is 2.09 bits per heavy atom. The van der Waals surface area contributed by atoms with E-state index in [4.69, 9.17) is 15.9 Å². The number of carbonyl (C=O) groups is 1. The number of hydrogen-bond donors (Lipinski definition) is 2. The van der Waals surface area contributed by atoms with Crippen molar-refractivity contribution in [2.75, 3.05) is 12.3 Å². The second kappa shape index (κ2) is 7.32. The molecule has 0 saturated heterocycles. The first-order chi connectivity index (χ1) is 10.9. The third-order valence-corrected chi connectivity index (χ3v) is 4.38. The predicted octanol–water partition coefficient (Wildman–Crippen LogP) is 3.61. The minimum atomic E-state index is -0.611. The highest BCUT2D eigenvalue weighted by Gasteiger charge is 2.21. The van der Waals surface area contributed by atoms with E-state index in [-0.39, 0.29) is 30.5 Å². The largest absolute Gasteiger partial charge is 0.462 e. The van der Waals surface area contributed by atoms with Gasteiger partial charge in [0.25, 0.3) is 0 Å². The molecule has 0 spiro atoms. The van der Waals surface area contributed by atoms with Crippen molar-refractivity contribution in [3.63, 3.8) is 0 Å². The molecular weight excluding hydrogens is 317 g/mol. The van der Waals surface area contributed by atoms with Gasteiger partial charge in [0.1, 0.15) is 11.5 Å². The third kappa shape index (κ3) is 4.13. The summed E-state index contributed by atoms with van der Waals surface area (Å²) in [6, 6.07) is 5.99. The molecule has 5 nitrogen and oxygen atoms in total. The Hall–Kier alpha value is -2.28. The van der Waals surface area contributed by atoms with Gasteiger partial charge in [-0.05, 0) is 37.1 Å². The van der Waals surface area contributed by atoms with Crippen molar-refractivity contribution >= 4 is 28.1 Å². The number of nitrogen functional groups attached to an aromatic ring is 1. The van der Waals surface area contributed by atoms with Gasteiger partial charge < -0.3 is 10.5 Å². The topological polar surface area (TPSA) is 89.1 Å². The molecule has 0 radical (unpaired) electrons. The van der Waals surface area contributed by atoms with Crippen LogP contribution < -0.4 is 5.73 Å². The molecule has 0 aliphatic heterocycles. The number of rotatable bonds is 6. The van der Waals surface area contributed by atoms with Crippen LogP contribution in [0.15, 0.2) is 24.3 Å². The van der Waals surface area contributed by atoms with Crippen molar-refractivity contribution in [3.05, 3.63) is 35.0 Å². The molecule has 0 saturated carbocycles. The summed E-state index contributed by atoms with van der Waals surface area (Å²) in [5, 5.41) is 8.21. The molecule has 1 aromatic heterocycles. The summed E-state index contributed by atoms with van der Waals surface area (Å²) < 4.78 is 17.9. The third-order valence-electron chi connectivity index (χ3n) is 3.27. The normalized spacial score (nSPS) is 12.0. The van der Waals surface area contributed by atoms with Gasteiger partial charge in [0.15, 0.2) is 5.13 Å². The molecule has 0 amide bonds. The fraction of sp³-hybridized carbons (Fsp3) is 0.312. The van der Waals surface area contributed by atoms with Crippen LogP contribution >= 0.6 is 11.3 Å². The molecule has 0 bridgehead atoms. The maximum absolute atomic E-state index is 13.1. The molecular formula is C16H18FN3O2S. The Bertz CT molecular complexity index is 713. The van der Waals surface area contributed by atoms with Crippen LogP contribution in [0.3, 0.4) is 0 Å². The van der Waals surface area contributed by atoms with Gasteiger partial charge in [-0.1, -0.05) is 6.92 Å². The smallest absolute Gasteiger partial charge is 0.351 e. The molecule has 1 unspecified atom stereocenters. The lowest BCUT2D eigenvalue weighted by Crippen LogP contribution is -2.18. The van der Waals surface area contributed by atoms with E-state index in [1.807, 2.05) is 6.92 Å². The van der Waals surface area contributed by atoms with Crippen molar-refractivity contribution in [2.24, 2.45) is 0 Å². The number of esters is 1. The fourth-order valence-corrected chi connectivity index (χ4v) is 3.11. The van der Waals surface area contributed by atoms with Gasteiger partial charge in [-0.15, -0.1) is 11.3 Å². The first-order valence-electron chi connectivity index (χ1n) is 7.19. The molecule has 2 aromatic rings. The van der Waals surface area contributed by atoms with Crippen LogP contribution in [-0.2, 0) is 9.53 Å². The van der Waals surface area contributed by atoms with E-state index in [1.54, 1.807) is 19.1 Å². The molecule has 122 valence electrons. The highest BCUT2D eigenvalue weighted by atomic mass is 32.1. The van der Waals surface area contributed by atoms with E-state index >= 15 is 0 Å². The van der Waals surface area contributed by atoms with Crippen LogP contribution in [0.1, 0.15) is 31.1 Å². The number of nitrogens with zero attached hydrogens (tertiary/aromatic N) is 1. The van der Waals surface area contributed by atoms with Gasteiger partial charge in [-0.2, -0.15) is 0 Å². The summed E-state index contributed by atoms with van der Waals surface area (Å²) >= 11 is 1.31. The Labute approximate surface area is 137 Å². The maximum atomic E-state index is 13.1. The van der Waals surface area contributed by atoms with Crippen LogP contribution in [0.4, 0.5) is 9.52 Å². The van der Waals surface area contributed by atoms with E-state index in [1.165, 1.54) is 23.5 Å². The first-order valence-corrected chi connectivity index (χ1v) is 8.00. The summed E-state index contributed by atoms with van der Waals surface area (Å²) in [4.78, 5) is 16.8. The minimum Gasteiger partial charge on any atom is -0.462 e. The second-order valence-electron chi connectivity index (χ2n) is 5.08. The quantitative estimate of drug-likeness (QED) is 0.623. The Morgan fingerprint density at radius 1 is 1.43 bits per heavy atom. The molecule has 1 atom stereocenters. The Balaban J connectivity index is 2.24. The lowest BCUT2D eigenvalue weighted by molar-refractivity contribution is -0.135. The van der Waals surface area contributed by atoms with E-state index in [9.17, 15) is 9.18 Å². The van der Waals surface area contributed by atoms with Crippen LogP contribution in [0.5, 0.6) is 0 Å². The summed E-state index contributed by atoms with van der Waals surface area (Å²) in [5.41, 5.74) is 7.14. The molecule has 2 rings (SSSR count). The monoisotopic (exact) mass is 335 g/mol. The lowest BCUT2D eigenvalue weighted by atomic mass is 9.98. The zero-order valence-electron chi connectivity index (χ0n) is 12.9. The van der Waals surface area contributed by atoms with Gasteiger partial charge in [0.2, 0.25) is 0 Å². The maximum Gasteiger partial charge on any atom is 0.351 e. The van der Waals surface area contributed by atoms with Crippen LogP contribution in [0.25, 0.3) is 11.3 Å². The number of nitrogens with two attached hydrogens (primary N) is 1. The number of halogens is 1. The SMILES string of the molecule is CCOC(=O)C(=N)CC(C)c1sc(N)nc1-c1ccc(F)cc1. The number of carbonyl (C=O) groups excluding carboxylic acids is 1. The molecule has 1 heterocycles. The standard InChI is InChI=1S/C16H18FN3O2S/c1-3-22-15(21)12(18)8-9(2)14-13(20-16(19)23-14)10-4-6-11(17)7-5-10/h4-7,9,18H,3,8H2,1-2H3,(H2,19,20). The molecule has 0 aliphatic carbocycles. The van der Waals surface area contributed by atoms with Crippen molar-refractivity contribution in [2.45, 2.75) is 26.2 Å². The molecule has 23 heavy (non-hydrogen) atoms. The van der Waals surface area contributed by atoms with E-state index in [0.29, 0.717) is 10.8 Å². The van der Waals surface area contributed by atoms with Crippen molar-refractivity contribution in [3.8, 4) is 11.3 Å². The van der Waals surface area contributed by atoms with E-state index < -0.39 is 5.97 Å². The zero-order chi connectivity index (χ0) is 17.0. The van der Waals surface area contributed by atoms with Gasteiger partial charge in [-0.3, -0.25) is 5.41 Å². The lowest BCUT2D eigenvalue weighted by Gasteiger charge is -2.12. The number of thiazole rings is 1. The second-order valence-corrected chi connectivity index (χ2v) is 6.14. The Morgan fingerprint density at radius 3 is 2.70 bits per heavy atom. The highest BCUT2D eigenvalue weighted by Crippen LogP contribution is 2.36. The summed E-state index contributed by atoms with van der Waals surface area (Å²) in [7, 11) is 0. The summed E-state index contributed by atoms with van der Waals surface area (Å²) in [6.07, 6.45) is 0.231. The van der Waals surface area contributed by atoms with E-state index in [0.717, 1.165) is 10.4 Å². The number of benzene rings is 1. The fourth-order valence-electron chi connectivity index (χ4n) is 2.20. The molecule has 7 heteroatoms. The number of hydrogen-bond acceptors (Lipinski definition) is 6. The van der Waals surface area contributed by atoms with Gasteiger partial charge in [0.05, 0.1) is 12.3 Å². The minimum absolute atomic E-state index is 0.0867. The average Bonchev–Trinajstić information content (AvgIpc) is 2.90. The summed E-state index contributed by atoms with van der Waals surface area (Å²) in [5.74, 6) is -1.06. The van der Waals surface area contributed by atoms with Gasteiger partial charge >= 0.3 is 5.97 Å². The Kier molecular flexibility index (Phi) is 5.44. The zero-order valence-corrected chi connectivity index (χ0v) is 13.7. The van der Waals surface area contributed by atoms with Crippen molar-refractivity contribution < 1.29 is 13.9 Å². The molecule has 0 fully saturated rings.